The van der Waals surface area contributed by atoms with Crippen LogP contribution in [0.25, 0.3) is 0 Å². The first-order valence-corrected chi connectivity index (χ1v) is 12.6. The number of hydrogen-bond acceptors (Lipinski definition) is 4. The number of nitrogens with one attached hydrogen (secondary N) is 1. The fraction of sp³-hybridized carbons (Fsp3) is 0.458. The van der Waals surface area contributed by atoms with E-state index >= 15 is 0 Å². The molecule has 31 heavy (non-hydrogen) atoms. The van der Waals surface area contributed by atoms with Crippen molar-refractivity contribution in [3.63, 3.8) is 0 Å². The van der Waals surface area contributed by atoms with Gasteiger partial charge in [-0.2, -0.15) is 4.31 Å². The van der Waals surface area contributed by atoms with Crippen LogP contribution in [0.5, 0.6) is 5.75 Å². The number of sulfonamides is 1. The van der Waals surface area contributed by atoms with E-state index in [0.717, 1.165) is 44.3 Å². The minimum atomic E-state index is -3.48. The molecule has 0 bridgehead atoms. The van der Waals surface area contributed by atoms with Crippen molar-refractivity contribution in [1.82, 2.24) is 4.31 Å². The maximum atomic E-state index is 12.8. The van der Waals surface area contributed by atoms with Crippen molar-refractivity contribution in [2.75, 3.05) is 18.4 Å². The summed E-state index contributed by atoms with van der Waals surface area (Å²) in [5.74, 6) is 0.517. The highest BCUT2D eigenvalue weighted by Crippen LogP contribution is 2.30. The molecule has 2 aromatic rings. The summed E-state index contributed by atoms with van der Waals surface area (Å²) in [6.45, 7) is 2.87. The molecule has 2 aromatic carbocycles. The smallest absolute Gasteiger partial charge is 0.265 e. The molecule has 1 saturated heterocycles. The molecule has 1 atom stereocenters. The van der Waals surface area contributed by atoms with E-state index < -0.39 is 16.1 Å². The zero-order valence-electron chi connectivity index (χ0n) is 18.0. The van der Waals surface area contributed by atoms with Crippen LogP contribution in [0.2, 0.25) is 0 Å². The SMILES string of the molecule is C[C@H](Oc1cccc2c1CCCC2)C(=O)Nc1ccc(S(=O)(=O)N2CCCCC2)cc1. The van der Waals surface area contributed by atoms with Gasteiger partial charge < -0.3 is 10.1 Å². The molecule has 0 saturated carbocycles. The van der Waals surface area contributed by atoms with Gasteiger partial charge in [-0.1, -0.05) is 18.6 Å². The fourth-order valence-corrected chi connectivity index (χ4v) is 5.83. The number of rotatable bonds is 6. The zero-order valence-corrected chi connectivity index (χ0v) is 18.8. The number of anilines is 1. The second-order valence-corrected chi connectivity index (χ2v) is 10.3. The van der Waals surface area contributed by atoms with Crippen LogP contribution in [0.4, 0.5) is 5.69 Å². The van der Waals surface area contributed by atoms with Crippen molar-refractivity contribution in [2.24, 2.45) is 0 Å². The summed E-state index contributed by atoms with van der Waals surface area (Å²) in [5.41, 5.74) is 3.07. The number of carbonyl (C=O) groups is 1. The molecular weight excluding hydrogens is 412 g/mol. The lowest BCUT2D eigenvalue weighted by Crippen LogP contribution is -2.35. The molecule has 0 spiro atoms. The predicted molar refractivity (Wildman–Crippen MR) is 121 cm³/mol. The van der Waals surface area contributed by atoms with Crippen LogP contribution < -0.4 is 10.1 Å². The summed E-state index contributed by atoms with van der Waals surface area (Å²) in [6, 6.07) is 12.4. The normalized spacial score (nSPS) is 18.1. The van der Waals surface area contributed by atoms with Gasteiger partial charge in [0.25, 0.3) is 5.91 Å². The van der Waals surface area contributed by atoms with E-state index in [2.05, 4.69) is 11.4 Å². The van der Waals surface area contributed by atoms with Gasteiger partial charge in [0.15, 0.2) is 6.10 Å². The molecule has 6 nitrogen and oxygen atoms in total. The van der Waals surface area contributed by atoms with Gasteiger partial charge in [0.2, 0.25) is 10.0 Å². The number of aryl methyl sites for hydroxylation is 1. The van der Waals surface area contributed by atoms with Gasteiger partial charge in [-0.15, -0.1) is 0 Å². The molecule has 1 heterocycles. The van der Waals surface area contributed by atoms with E-state index in [0.29, 0.717) is 18.8 Å². The Bertz CT molecular complexity index is 1030. The number of nitrogens with zero attached hydrogens (tertiary/aromatic N) is 1. The molecule has 1 N–H and O–H groups in total. The Morgan fingerprint density at radius 3 is 2.42 bits per heavy atom. The first-order valence-electron chi connectivity index (χ1n) is 11.1. The van der Waals surface area contributed by atoms with Crippen LogP contribution in [0.3, 0.4) is 0 Å². The van der Waals surface area contributed by atoms with Crippen LogP contribution >= 0.6 is 0 Å². The van der Waals surface area contributed by atoms with E-state index in [1.807, 2.05) is 12.1 Å². The van der Waals surface area contributed by atoms with E-state index in [4.69, 9.17) is 4.74 Å². The van der Waals surface area contributed by atoms with Gasteiger partial charge in [0.1, 0.15) is 5.75 Å². The Morgan fingerprint density at radius 2 is 1.68 bits per heavy atom. The zero-order chi connectivity index (χ0) is 21.8. The highest BCUT2D eigenvalue weighted by molar-refractivity contribution is 7.89. The first kappa shape index (κ1) is 21.8. The van der Waals surface area contributed by atoms with Crippen molar-refractivity contribution >= 4 is 21.6 Å². The van der Waals surface area contributed by atoms with Crippen molar-refractivity contribution < 1.29 is 17.9 Å². The minimum Gasteiger partial charge on any atom is -0.481 e. The van der Waals surface area contributed by atoms with Crippen LogP contribution in [0.1, 0.15) is 50.2 Å². The lowest BCUT2D eigenvalue weighted by atomic mass is 9.91. The van der Waals surface area contributed by atoms with Gasteiger partial charge in [-0.25, -0.2) is 8.42 Å². The van der Waals surface area contributed by atoms with Gasteiger partial charge in [-0.05, 0) is 86.9 Å². The monoisotopic (exact) mass is 442 g/mol. The van der Waals surface area contributed by atoms with Crippen LogP contribution in [-0.4, -0.2) is 37.8 Å². The van der Waals surface area contributed by atoms with Gasteiger partial charge in [-0.3, -0.25) is 4.79 Å². The summed E-state index contributed by atoms with van der Waals surface area (Å²) in [4.78, 5) is 12.9. The maximum Gasteiger partial charge on any atom is 0.265 e. The number of hydrogen-bond donors (Lipinski definition) is 1. The van der Waals surface area contributed by atoms with Crippen LogP contribution in [0, 0.1) is 0 Å². The quantitative estimate of drug-likeness (QED) is 0.729. The number of carbonyl (C=O) groups excluding carboxylic acids is 1. The molecule has 0 radical (unpaired) electrons. The average molecular weight is 443 g/mol. The summed E-state index contributed by atoms with van der Waals surface area (Å²) in [6.07, 6.45) is 6.57. The van der Waals surface area contributed by atoms with Gasteiger partial charge >= 0.3 is 0 Å². The second-order valence-electron chi connectivity index (χ2n) is 8.34. The molecule has 7 heteroatoms. The minimum absolute atomic E-state index is 0.257. The van der Waals surface area contributed by atoms with E-state index in [1.165, 1.54) is 17.5 Å². The maximum absolute atomic E-state index is 12.8. The highest BCUT2D eigenvalue weighted by Gasteiger charge is 2.26. The largest absolute Gasteiger partial charge is 0.481 e. The molecule has 1 amide bonds. The molecule has 0 unspecified atom stereocenters. The fourth-order valence-electron chi connectivity index (χ4n) is 4.31. The van der Waals surface area contributed by atoms with Gasteiger partial charge in [0.05, 0.1) is 4.90 Å². The Kier molecular flexibility index (Phi) is 6.62. The molecule has 1 fully saturated rings. The summed E-state index contributed by atoms with van der Waals surface area (Å²) >= 11 is 0. The Morgan fingerprint density at radius 1 is 0.968 bits per heavy atom. The second kappa shape index (κ2) is 9.40. The number of fused-ring (bicyclic) bond motifs is 1. The molecule has 1 aliphatic heterocycles. The van der Waals surface area contributed by atoms with Crippen LogP contribution in [-0.2, 0) is 27.7 Å². The number of amides is 1. The summed E-state index contributed by atoms with van der Waals surface area (Å²) < 4.78 is 33.1. The summed E-state index contributed by atoms with van der Waals surface area (Å²) in [7, 11) is -3.48. The molecule has 2 aliphatic rings. The van der Waals surface area contributed by atoms with Gasteiger partial charge in [0, 0.05) is 18.8 Å². The molecule has 1 aliphatic carbocycles. The number of ether oxygens (including phenoxy) is 1. The lowest BCUT2D eigenvalue weighted by Gasteiger charge is -2.26. The predicted octanol–water partition coefficient (Wildman–Crippen LogP) is 4.15. The van der Waals surface area contributed by atoms with E-state index in [9.17, 15) is 13.2 Å². The highest BCUT2D eigenvalue weighted by atomic mass is 32.2. The third kappa shape index (κ3) is 4.93. The molecule has 166 valence electrons. The number of piperidine rings is 1. The van der Waals surface area contributed by atoms with Crippen molar-refractivity contribution in [2.45, 2.75) is 62.9 Å². The van der Waals surface area contributed by atoms with Crippen molar-refractivity contribution in [1.29, 1.82) is 0 Å². The standard InChI is InChI=1S/C24H30N2O4S/c1-18(30-23-11-7-9-19-8-3-4-10-22(19)23)24(27)25-20-12-14-21(15-13-20)31(28,29)26-16-5-2-6-17-26/h7,9,11-15,18H,2-6,8,10,16-17H2,1H3,(H,25,27)/t18-/m0/s1. The molecule has 0 aromatic heterocycles. The Labute approximate surface area is 184 Å². The van der Waals surface area contributed by atoms with Crippen molar-refractivity contribution in [3.8, 4) is 5.75 Å². The molecular formula is C24H30N2O4S. The molecule has 4 rings (SSSR count). The first-order chi connectivity index (χ1) is 14.9. The topological polar surface area (TPSA) is 75.7 Å². The third-order valence-electron chi connectivity index (χ3n) is 6.10. The van der Waals surface area contributed by atoms with E-state index in [1.54, 1.807) is 35.5 Å². The average Bonchev–Trinajstić information content (AvgIpc) is 2.80. The van der Waals surface area contributed by atoms with E-state index in [-0.39, 0.29) is 10.8 Å². The van der Waals surface area contributed by atoms with Crippen LogP contribution in [0.15, 0.2) is 47.4 Å². The summed E-state index contributed by atoms with van der Waals surface area (Å²) in [5, 5.41) is 2.83. The third-order valence-corrected chi connectivity index (χ3v) is 8.01. The lowest BCUT2D eigenvalue weighted by molar-refractivity contribution is -0.122. The Balaban J connectivity index is 1.39. The van der Waals surface area contributed by atoms with Crippen molar-refractivity contribution in [3.05, 3.63) is 53.6 Å². The number of benzene rings is 2. The Hall–Kier alpha value is -2.38.